The van der Waals surface area contributed by atoms with E-state index in [1.165, 1.54) is 5.56 Å². The van der Waals surface area contributed by atoms with Gasteiger partial charge < -0.3 is 5.32 Å². The minimum Gasteiger partial charge on any atom is -0.354 e. The van der Waals surface area contributed by atoms with Crippen molar-refractivity contribution in [2.75, 3.05) is 5.32 Å². The molecule has 0 saturated carbocycles. The second-order valence-corrected chi connectivity index (χ2v) is 5.70. The molecule has 23 heavy (non-hydrogen) atoms. The molecule has 0 aliphatic heterocycles. The van der Waals surface area contributed by atoms with Crippen LogP contribution in [0.3, 0.4) is 0 Å². The fraction of sp³-hybridized carbons (Fsp3) is 0.100. The number of rotatable bonds is 5. The van der Waals surface area contributed by atoms with Gasteiger partial charge in [0.15, 0.2) is 0 Å². The topological polar surface area (TPSA) is 37.8 Å². The monoisotopic (exact) mass is 301 g/mol. The SMILES string of the molecule is C=C(C)Cc1ccc(NC(=C)c2ccc3cnccc3n2)cc1. The van der Waals surface area contributed by atoms with Gasteiger partial charge in [-0.1, -0.05) is 30.9 Å². The van der Waals surface area contributed by atoms with Crippen molar-refractivity contribution < 1.29 is 0 Å². The number of hydrogen-bond acceptors (Lipinski definition) is 3. The van der Waals surface area contributed by atoms with E-state index < -0.39 is 0 Å². The van der Waals surface area contributed by atoms with Crippen LogP contribution < -0.4 is 5.32 Å². The molecule has 0 fully saturated rings. The molecule has 0 unspecified atom stereocenters. The van der Waals surface area contributed by atoms with Crippen molar-refractivity contribution in [3.8, 4) is 0 Å². The van der Waals surface area contributed by atoms with Gasteiger partial charge in [0.1, 0.15) is 0 Å². The Kier molecular flexibility index (Phi) is 4.20. The molecule has 0 radical (unpaired) electrons. The highest BCUT2D eigenvalue weighted by molar-refractivity contribution is 5.81. The highest BCUT2D eigenvalue weighted by Gasteiger charge is 2.03. The first-order chi connectivity index (χ1) is 11.1. The summed E-state index contributed by atoms with van der Waals surface area (Å²) in [4.78, 5) is 8.71. The van der Waals surface area contributed by atoms with Crippen LogP contribution in [-0.4, -0.2) is 9.97 Å². The predicted molar refractivity (Wildman–Crippen MR) is 97.2 cm³/mol. The molecule has 0 atom stereocenters. The van der Waals surface area contributed by atoms with Gasteiger partial charge >= 0.3 is 0 Å². The molecule has 2 aromatic heterocycles. The molecular formula is C20H19N3. The maximum absolute atomic E-state index is 4.61. The summed E-state index contributed by atoms with van der Waals surface area (Å²) in [5, 5.41) is 4.33. The van der Waals surface area contributed by atoms with E-state index in [2.05, 4.69) is 52.7 Å². The Morgan fingerprint density at radius 2 is 1.83 bits per heavy atom. The number of hydrogen-bond donors (Lipinski definition) is 1. The van der Waals surface area contributed by atoms with Gasteiger partial charge in [0.25, 0.3) is 0 Å². The molecule has 114 valence electrons. The Labute approximate surface area is 136 Å². The minimum absolute atomic E-state index is 0.774. The quantitative estimate of drug-likeness (QED) is 0.686. The Morgan fingerprint density at radius 1 is 1.04 bits per heavy atom. The molecular weight excluding hydrogens is 282 g/mol. The van der Waals surface area contributed by atoms with Crippen molar-refractivity contribution in [2.24, 2.45) is 0 Å². The normalized spacial score (nSPS) is 10.5. The van der Waals surface area contributed by atoms with Crippen molar-refractivity contribution >= 4 is 22.3 Å². The zero-order chi connectivity index (χ0) is 16.2. The molecule has 3 heteroatoms. The van der Waals surface area contributed by atoms with Crippen LogP contribution in [0.1, 0.15) is 18.2 Å². The van der Waals surface area contributed by atoms with Gasteiger partial charge in [-0.25, -0.2) is 4.98 Å². The lowest BCUT2D eigenvalue weighted by atomic mass is 10.1. The summed E-state index contributed by atoms with van der Waals surface area (Å²) in [5.41, 5.74) is 5.93. The van der Waals surface area contributed by atoms with E-state index >= 15 is 0 Å². The van der Waals surface area contributed by atoms with Gasteiger partial charge in [0, 0.05) is 23.5 Å². The van der Waals surface area contributed by atoms with E-state index in [0.29, 0.717) is 0 Å². The van der Waals surface area contributed by atoms with Crippen LogP contribution in [0.5, 0.6) is 0 Å². The van der Waals surface area contributed by atoms with Crippen LogP contribution in [0, 0.1) is 0 Å². The first-order valence-electron chi connectivity index (χ1n) is 7.52. The van der Waals surface area contributed by atoms with Gasteiger partial charge in [-0.15, -0.1) is 0 Å². The van der Waals surface area contributed by atoms with Crippen LogP contribution in [0.25, 0.3) is 16.6 Å². The van der Waals surface area contributed by atoms with E-state index in [9.17, 15) is 0 Å². The summed E-state index contributed by atoms with van der Waals surface area (Å²) < 4.78 is 0. The van der Waals surface area contributed by atoms with Gasteiger partial charge in [-0.2, -0.15) is 0 Å². The number of benzene rings is 1. The lowest BCUT2D eigenvalue weighted by Gasteiger charge is -2.10. The Hall–Kier alpha value is -2.94. The van der Waals surface area contributed by atoms with Crippen LogP contribution in [0.15, 0.2) is 73.6 Å². The summed E-state index contributed by atoms with van der Waals surface area (Å²) in [6, 6.07) is 14.2. The highest BCUT2D eigenvalue weighted by atomic mass is 14.9. The van der Waals surface area contributed by atoms with Gasteiger partial charge in [0.05, 0.1) is 16.9 Å². The number of aromatic nitrogens is 2. The molecule has 2 heterocycles. The van der Waals surface area contributed by atoms with Gasteiger partial charge in [0.2, 0.25) is 0 Å². The number of pyridine rings is 2. The van der Waals surface area contributed by atoms with Crippen molar-refractivity contribution in [3.05, 3.63) is 84.8 Å². The van der Waals surface area contributed by atoms with E-state index in [1.807, 2.05) is 31.3 Å². The second-order valence-electron chi connectivity index (χ2n) is 5.70. The molecule has 1 N–H and O–H groups in total. The lowest BCUT2D eigenvalue weighted by Crippen LogP contribution is -2.00. The van der Waals surface area contributed by atoms with E-state index in [-0.39, 0.29) is 0 Å². The van der Waals surface area contributed by atoms with E-state index in [4.69, 9.17) is 0 Å². The van der Waals surface area contributed by atoms with Crippen LogP contribution in [0.4, 0.5) is 5.69 Å². The average molecular weight is 301 g/mol. The summed E-state index contributed by atoms with van der Waals surface area (Å²) in [6.07, 6.45) is 4.46. The Bertz CT molecular complexity index is 863. The van der Waals surface area contributed by atoms with Crippen LogP contribution in [-0.2, 0) is 6.42 Å². The van der Waals surface area contributed by atoms with E-state index in [0.717, 1.165) is 40.0 Å². The standard InChI is InChI=1S/C20H19N3/c1-14(2)12-16-4-7-18(8-5-16)22-15(3)19-9-6-17-13-21-11-10-20(17)23-19/h4-11,13,22H,1,3,12H2,2H3. The molecule has 3 nitrogen and oxygen atoms in total. The molecule has 0 aliphatic carbocycles. The second kappa shape index (κ2) is 6.44. The summed E-state index contributed by atoms with van der Waals surface area (Å²) in [6.45, 7) is 10.1. The zero-order valence-corrected chi connectivity index (χ0v) is 13.2. The lowest BCUT2D eigenvalue weighted by molar-refractivity contribution is 1.15. The maximum atomic E-state index is 4.61. The van der Waals surface area contributed by atoms with E-state index in [1.54, 1.807) is 6.20 Å². The summed E-state index contributed by atoms with van der Waals surface area (Å²) in [7, 11) is 0. The summed E-state index contributed by atoms with van der Waals surface area (Å²) >= 11 is 0. The summed E-state index contributed by atoms with van der Waals surface area (Å²) in [5.74, 6) is 0. The Balaban J connectivity index is 1.76. The van der Waals surface area contributed by atoms with Gasteiger partial charge in [-0.3, -0.25) is 4.98 Å². The fourth-order valence-corrected chi connectivity index (χ4v) is 2.43. The van der Waals surface area contributed by atoms with Gasteiger partial charge in [-0.05, 0) is 49.2 Å². The Morgan fingerprint density at radius 3 is 2.57 bits per heavy atom. The molecule has 3 aromatic rings. The fourth-order valence-electron chi connectivity index (χ4n) is 2.43. The molecule has 0 bridgehead atoms. The molecule has 0 amide bonds. The maximum Gasteiger partial charge on any atom is 0.0866 e. The molecule has 1 aromatic carbocycles. The number of fused-ring (bicyclic) bond motifs is 1. The number of nitrogens with one attached hydrogen (secondary N) is 1. The third-order valence-electron chi connectivity index (χ3n) is 3.55. The number of anilines is 1. The number of nitrogens with zero attached hydrogens (tertiary/aromatic N) is 2. The van der Waals surface area contributed by atoms with Crippen molar-refractivity contribution in [1.82, 2.24) is 9.97 Å². The minimum atomic E-state index is 0.774. The third-order valence-corrected chi connectivity index (χ3v) is 3.55. The van der Waals surface area contributed by atoms with Crippen LogP contribution >= 0.6 is 0 Å². The third kappa shape index (κ3) is 3.64. The molecule has 0 aliphatic rings. The first-order valence-corrected chi connectivity index (χ1v) is 7.52. The van der Waals surface area contributed by atoms with Crippen molar-refractivity contribution in [3.63, 3.8) is 0 Å². The molecule has 3 rings (SSSR count). The molecule has 0 saturated heterocycles. The zero-order valence-electron chi connectivity index (χ0n) is 13.2. The molecule has 0 spiro atoms. The predicted octanol–water partition coefficient (Wildman–Crippen LogP) is 4.83. The first kappa shape index (κ1) is 15.0. The van der Waals surface area contributed by atoms with Crippen molar-refractivity contribution in [2.45, 2.75) is 13.3 Å². The largest absolute Gasteiger partial charge is 0.354 e. The highest BCUT2D eigenvalue weighted by Crippen LogP contribution is 2.19. The smallest absolute Gasteiger partial charge is 0.0866 e. The average Bonchev–Trinajstić information content (AvgIpc) is 2.55. The number of allylic oxidation sites excluding steroid dienone is 1. The van der Waals surface area contributed by atoms with Crippen molar-refractivity contribution in [1.29, 1.82) is 0 Å². The van der Waals surface area contributed by atoms with Crippen LogP contribution in [0.2, 0.25) is 0 Å².